The van der Waals surface area contributed by atoms with Crippen LogP contribution in [0.3, 0.4) is 0 Å². The van der Waals surface area contributed by atoms with Gasteiger partial charge in [0, 0.05) is 24.8 Å². The number of aromatic hydroxyl groups is 1. The summed E-state index contributed by atoms with van der Waals surface area (Å²) in [6, 6.07) is 11.1. The molecule has 0 unspecified atom stereocenters. The summed E-state index contributed by atoms with van der Waals surface area (Å²) in [4.78, 5) is 8.28. The zero-order valence-corrected chi connectivity index (χ0v) is 11.3. The Morgan fingerprint density at radius 2 is 2.10 bits per heavy atom. The van der Waals surface area contributed by atoms with Gasteiger partial charge in [-0.25, -0.2) is 14.6 Å². The molecule has 2 aromatic heterocycles. The molecule has 0 saturated heterocycles. The molecule has 6 heteroatoms. The van der Waals surface area contributed by atoms with E-state index in [-0.39, 0.29) is 5.75 Å². The minimum absolute atomic E-state index is 0.277. The molecular formula is C15H15N5O. The van der Waals surface area contributed by atoms with Crippen molar-refractivity contribution in [1.82, 2.24) is 25.1 Å². The number of rotatable bonds is 5. The van der Waals surface area contributed by atoms with E-state index in [9.17, 15) is 5.11 Å². The molecule has 0 spiro atoms. The minimum atomic E-state index is 0.277. The van der Waals surface area contributed by atoms with Crippen LogP contribution in [-0.2, 0) is 13.1 Å². The van der Waals surface area contributed by atoms with E-state index >= 15 is 0 Å². The van der Waals surface area contributed by atoms with Crippen LogP contribution < -0.4 is 5.32 Å². The zero-order chi connectivity index (χ0) is 14.5. The number of aromatic nitrogens is 4. The highest BCUT2D eigenvalue weighted by atomic mass is 16.3. The van der Waals surface area contributed by atoms with E-state index in [1.807, 2.05) is 24.3 Å². The van der Waals surface area contributed by atoms with Crippen LogP contribution in [0.1, 0.15) is 11.1 Å². The number of phenols is 1. The summed E-state index contributed by atoms with van der Waals surface area (Å²) in [5.74, 6) is 1.04. The quantitative estimate of drug-likeness (QED) is 0.744. The molecule has 6 nitrogen and oxygen atoms in total. The maximum atomic E-state index is 9.44. The van der Waals surface area contributed by atoms with Crippen LogP contribution in [-0.4, -0.2) is 24.9 Å². The second kappa shape index (κ2) is 6.15. The first-order valence-electron chi connectivity index (χ1n) is 6.60. The molecule has 3 rings (SSSR count). The molecule has 1 aromatic carbocycles. The highest BCUT2D eigenvalue weighted by molar-refractivity contribution is 5.32. The first-order valence-corrected chi connectivity index (χ1v) is 6.60. The van der Waals surface area contributed by atoms with Gasteiger partial charge < -0.3 is 10.4 Å². The Hall–Kier alpha value is -2.73. The van der Waals surface area contributed by atoms with Crippen molar-refractivity contribution in [3.63, 3.8) is 0 Å². The van der Waals surface area contributed by atoms with Crippen molar-refractivity contribution in [3.8, 4) is 11.6 Å². The number of nitrogens with one attached hydrogen (secondary N) is 1. The number of pyridine rings is 1. The van der Waals surface area contributed by atoms with Gasteiger partial charge in [0.2, 0.25) is 0 Å². The predicted molar refractivity (Wildman–Crippen MR) is 77.8 cm³/mol. The first-order chi connectivity index (χ1) is 10.3. The fourth-order valence-corrected chi connectivity index (χ4v) is 2.10. The van der Waals surface area contributed by atoms with Gasteiger partial charge in [0.25, 0.3) is 0 Å². The predicted octanol–water partition coefficient (Wildman–Crippen LogP) is 1.66. The Kier molecular flexibility index (Phi) is 3.88. The molecule has 0 atom stereocenters. The van der Waals surface area contributed by atoms with Gasteiger partial charge in [-0.2, -0.15) is 5.10 Å². The van der Waals surface area contributed by atoms with E-state index < -0.39 is 0 Å². The SMILES string of the molecule is Oc1cccc(CNCc2cccnc2-n2cncn2)c1. The highest BCUT2D eigenvalue weighted by Crippen LogP contribution is 2.12. The number of benzene rings is 1. The monoisotopic (exact) mass is 281 g/mol. The lowest BCUT2D eigenvalue weighted by Gasteiger charge is -2.09. The van der Waals surface area contributed by atoms with E-state index in [4.69, 9.17) is 0 Å². The lowest BCUT2D eigenvalue weighted by atomic mass is 10.2. The van der Waals surface area contributed by atoms with Crippen LogP contribution in [0.15, 0.2) is 55.2 Å². The number of hydrogen-bond acceptors (Lipinski definition) is 5. The third-order valence-corrected chi connectivity index (χ3v) is 3.06. The second-order valence-corrected chi connectivity index (χ2v) is 4.60. The Morgan fingerprint density at radius 3 is 2.90 bits per heavy atom. The van der Waals surface area contributed by atoms with Gasteiger partial charge in [-0.15, -0.1) is 0 Å². The molecule has 2 heterocycles. The Labute approximate surface area is 122 Å². The maximum absolute atomic E-state index is 9.44. The average molecular weight is 281 g/mol. The topological polar surface area (TPSA) is 75.9 Å². The molecular weight excluding hydrogens is 266 g/mol. The van der Waals surface area contributed by atoms with Gasteiger partial charge in [0.15, 0.2) is 5.82 Å². The summed E-state index contributed by atoms with van der Waals surface area (Å²) in [5, 5.41) is 16.9. The van der Waals surface area contributed by atoms with Gasteiger partial charge in [0.1, 0.15) is 18.4 Å². The molecule has 0 bridgehead atoms. The van der Waals surface area contributed by atoms with Crippen LogP contribution in [0.2, 0.25) is 0 Å². The van der Waals surface area contributed by atoms with E-state index in [0.29, 0.717) is 13.1 Å². The van der Waals surface area contributed by atoms with Crippen molar-refractivity contribution in [2.45, 2.75) is 13.1 Å². The normalized spacial score (nSPS) is 10.7. The summed E-state index contributed by atoms with van der Waals surface area (Å²) in [7, 11) is 0. The summed E-state index contributed by atoms with van der Waals surface area (Å²) in [5.41, 5.74) is 2.06. The molecule has 0 fully saturated rings. The standard InChI is InChI=1S/C15H15N5O/c21-14-5-1-3-12(7-14)8-16-9-13-4-2-6-18-15(13)20-11-17-10-19-20/h1-7,10-11,16,21H,8-9H2. The Morgan fingerprint density at radius 1 is 1.14 bits per heavy atom. The molecule has 0 aliphatic heterocycles. The molecule has 2 N–H and O–H groups in total. The number of phenolic OH excluding ortho intramolecular Hbond substituents is 1. The lowest BCUT2D eigenvalue weighted by molar-refractivity contribution is 0.474. The van der Waals surface area contributed by atoms with Crippen molar-refractivity contribution < 1.29 is 5.11 Å². The smallest absolute Gasteiger partial charge is 0.159 e. The number of nitrogens with zero attached hydrogens (tertiary/aromatic N) is 4. The van der Waals surface area contributed by atoms with Crippen LogP contribution in [0.25, 0.3) is 5.82 Å². The summed E-state index contributed by atoms with van der Waals surface area (Å²) >= 11 is 0. The number of hydrogen-bond donors (Lipinski definition) is 2. The lowest BCUT2D eigenvalue weighted by Crippen LogP contribution is -2.15. The Bertz CT molecular complexity index is 712. The highest BCUT2D eigenvalue weighted by Gasteiger charge is 2.06. The van der Waals surface area contributed by atoms with Crippen LogP contribution in [0, 0.1) is 0 Å². The van der Waals surface area contributed by atoms with E-state index in [1.54, 1.807) is 29.3 Å². The second-order valence-electron chi connectivity index (χ2n) is 4.60. The maximum Gasteiger partial charge on any atom is 0.159 e. The van der Waals surface area contributed by atoms with Gasteiger partial charge in [-0.1, -0.05) is 18.2 Å². The van der Waals surface area contributed by atoms with Crippen molar-refractivity contribution in [2.75, 3.05) is 0 Å². The van der Waals surface area contributed by atoms with Crippen molar-refractivity contribution in [3.05, 3.63) is 66.4 Å². The van der Waals surface area contributed by atoms with Gasteiger partial charge in [-0.05, 0) is 23.8 Å². The largest absolute Gasteiger partial charge is 0.508 e. The fraction of sp³-hybridized carbons (Fsp3) is 0.133. The molecule has 21 heavy (non-hydrogen) atoms. The molecule has 0 aliphatic rings. The third kappa shape index (κ3) is 3.24. The first kappa shape index (κ1) is 13.3. The van der Waals surface area contributed by atoms with E-state index in [0.717, 1.165) is 16.9 Å². The van der Waals surface area contributed by atoms with Crippen LogP contribution >= 0.6 is 0 Å². The van der Waals surface area contributed by atoms with Gasteiger partial charge in [-0.3, -0.25) is 0 Å². The minimum Gasteiger partial charge on any atom is -0.508 e. The zero-order valence-electron chi connectivity index (χ0n) is 11.3. The molecule has 3 aromatic rings. The van der Waals surface area contributed by atoms with Crippen molar-refractivity contribution in [2.24, 2.45) is 0 Å². The Balaban J connectivity index is 1.69. The van der Waals surface area contributed by atoms with Crippen LogP contribution in [0.5, 0.6) is 5.75 Å². The van der Waals surface area contributed by atoms with Crippen molar-refractivity contribution in [1.29, 1.82) is 0 Å². The third-order valence-electron chi connectivity index (χ3n) is 3.06. The van der Waals surface area contributed by atoms with Gasteiger partial charge >= 0.3 is 0 Å². The van der Waals surface area contributed by atoms with E-state index in [2.05, 4.69) is 20.4 Å². The molecule has 0 radical (unpaired) electrons. The van der Waals surface area contributed by atoms with E-state index in [1.165, 1.54) is 6.33 Å². The van der Waals surface area contributed by atoms with Gasteiger partial charge in [0.05, 0.1) is 0 Å². The summed E-state index contributed by atoms with van der Waals surface area (Å²) in [6.45, 7) is 1.32. The summed E-state index contributed by atoms with van der Waals surface area (Å²) < 4.78 is 1.64. The summed E-state index contributed by atoms with van der Waals surface area (Å²) in [6.07, 6.45) is 4.84. The average Bonchev–Trinajstić information content (AvgIpc) is 3.02. The fourth-order valence-electron chi connectivity index (χ4n) is 2.10. The molecule has 106 valence electrons. The molecule has 0 aliphatic carbocycles. The van der Waals surface area contributed by atoms with Crippen LogP contribution in [0.4, 0.5) is 0 Å². The van der Waals surface area contributed by atoms with Crippen molar-refractivity contribution >= 4 is 0 Å². The molecule has 0 saturated carbocycles. The molecule has 0 amide bonds.